The van der Waals surface area contributed by atoms with E-state index in [1.807, 2.05) is 0 Å². The van der Waals surface area contributed by atoms with Crippen molar-refractivity contribution in [2.45, 2.75) is 32.5 Å². The molecule has 0 aromatic heterocycles. The van der Waals surface area contributed by atoms with Crippen molar-refractivity contribution in [1.29, 1.82) is 0 Å². The van der Waals surface area contributed by atoms with Gasteiger partial charge in [-0.3, -0.25) is 9.59 Å². The summed E-state index contributed by atoms with van der Waals surface area (Å²) in [7, 11) is 0. The second-order valence-corrected chi connectivity index (χ2v) is 2.91. The molecule has 0 spiro atoms. The summed E-state index contributed by atoms with van der Waals surface area (Å²) in [5, 5.41) is 0. The smallest absolute Gasteiger partial charge is 0.319 e. The maximum Gasteiger partial charge on any atom is 0.319 e. The average Bonchev–Trinajstić information content (AvgIpc) is 2.56. The Kier molecular flexibility index (Phi) is 4.39. The Morgan fingerprint density at radius 2 is 2.21 bits per heavy atom. The highest BCUT2D eigenvalue weighted by Gasteiger charge is 2.21. The summed E-state index contributed by atoms with van der Waals surface area (Å²) in [6, 6.07) is 0. The second-order valence-electron chi connectivity index (χ2n) is 2.91. The van der Waals surface area contributed by atoms with E-state index in [4.69, 9.17) is 9.47 Å². The van der Waals surface area contributed by atoms with E-state index in [0.717, 1.165) is 6.42 Å². The number of hydrogen-bond donors (Lipinski definition) is 0. The lowest BCUT2D eigenvalue weighted by Crippen LogP contribution is -2.20. The molecule has 1 aliphatic heterocycles. The number of esters is 2. The number of hydrogen-bond acceptors (Lipinski definition) is 5. The van der Waals surface area contributed by atoms with Crippen LogP contribution in [0.3, 0.4) is 0 Å². The molecule has 1 aliphatic rings. The fourth-order valence-corrected chi connectivity index (χ4v) is 1.16. The van der Waals surface area contributed by atoms with Crippen molar-refractivity contribution in [1.82, 2.24) is 0 Å². The maximum absolute atomic E-state index is 11.1. The normalized spacial score (nSPS) is 20.5. The first-order chi connectivity index (χ1) is 6.72. The highest BCUT2D eigenvalue weighted by molar-refractivity contribution is 5.91. The van der Waals surface area contributed by atoms with Crippen LogP contribution >= 0.6 is 0 Å². The van der Waals surface area contributed by atoms with Gasteiger partial charge < -0.3 is 14.2 Å². The molecule has 1 saturated heterocycles. The van der Waals surface area contributed by atoms with Crippen LogP contribution in [-0.4, -0.2) is 31.4 Å². The first-order valence-electron chi connectivity index (χ1n) is 4.69. The van der Waals surface area contributed by atoms with Gasteiger partial charge in [-0.2, -0.15) is 0 Å². The summed E-state index contributed by atoms with van der Waals surface area (Å²) < 4.78 is 14.5. The third-order valence-electron chi connectivity index (χ3n) is 1.74. The molecule has 1 atom stereocenters. The van der Waals surface area contributed by atoms with Gasteiger partial charge in [0.2, 0.25) is 6.29 Å². The van der Waals surface area contributed by atoms with Gasteiger partial charge in [-0.05, 0) is 13.3 Å². The average molecular weight is 202 g/mol. The van der Waals surface area contributed by atoms with Crippen LogP contribution < -0.4 is 0 Å². The van der Waals surface area contributed by atoms with Crippen molar-refractivity contribution in [3.8, 4) is 0 Å². The van der Waals surface area contributed by atoms with Gasteiger partial charge in [-0.15, -0.1) is 0 Å². The van der Waals surface area contributed by atoms with Gasteiger partial charge >= 0.3 is 11.9 Å². The lowest BCUT2D eigenvalue weighted by molar-refractivity contribution is -0.173. The van der Waals surface area contributed by atoms with Crippen LogP contribution in [0, 0.1) is 0 Å². The largest absolute Gasteiger partial charge is 0.466 e. The Bertz CT molecular complexity index is 207. The minimum atomic E-state index is -0.588. The van der Waals surface area contributed by atoms with E-state index in [9.17, 15) is 9.59 Å². The molecule has 80 valence electrons. The van der Waals surface area contributed by atoms with E-state index in [1.54, 1.807) is 6.92 Å². The second kappa shape index (κ2) is 5.59. The highest BCUT2D eigenvalue weighted by atomic mass is 16.7. The number of rotatable bonds is 4. The monoisotopic (exact) mass is 202 g/mol. The summed E-state index contributed by atoms with van der Waals surface area (Å²) in [5.41, 5.74) is 0. The minimum Gasteiger partial charge on any atom is -0.466 e. The van der Waals surface area contributed by atoms with E-state index in [0.29, 0.717) is 13.0 Å². The number of carbonyl (C=O) groups is 2. The van der Waals surface area contributed by atoms with Crippen molar-refractivity contribution in [2.75, 3.05) is 13.2 Å². The third kappa shape index (κ3) is 3.74. The van der Waals surface area contributed by atoms with Crippen molar-refractivity contribution in [3.05, 3.63) is 0 Å². The summed E-state index contributed by atoms with van der Waals surface area (Å²) in [6.45, 7) is 2.56. The lowest BCUT2D eigenvalue weighted by atomic mass is 10.3. The molecule has 0 aromatic rings. The minimum absolute atomic E-state index is 0.270. The summed E-state index contributed by atoms with van der Waals surface area (Å²) in [6.07, 6.45) is 0.775. The molecule has 5 nitrogen and oxygen atoms in total. The maximum atomic E-state index is 11.1. The van der Waals surface area contributed by atoms with Crippen molar-refractivity contribution >= 4 is 11.9 Å². The van der Waals surface area contributed by atoms with Gasteiger partial charge in [-0.1, -0.05) is 0 Å². The van der Waals surface area contributed by atoms with Gasteiger partial charge in [0.1, 0.15) is 6.42 Å². The number of carbonyl (C=O) groups excluding carboxylic acids is 2. The van der Waals surface area contributed by atoms with Gasteiger partial charge in [0, 0.05) is 6.42 Å². The topological polar surface area (TPSA) is 61.8 Å². The third-order valence-corrected chi connectivity index (χ3v) is 1.74. The molecule has 1 fully saturated rings. The fraction of sp³-hybridized carbons (Fsp3) is 0.778. The van der Waals surface area contributed by atoms with Gasteiger partial charge in [0.15, 0.2) is 0 Å². The molecule has 0 bridgehead atoms. The Labute approximate surface area is 82.3 Å². The van der Waals surface area contributed by atoms with Gasteiger partial charge in [0.05, 0.1) is 13.2 Å². The summed E-state index contributed by atoms with van der Waals surface area (Å²) in [5.74, 6) is -1.15. The Hall–Kier alpha value is -1.10. The molecule has 5 heteroatoms. The van der Waals surface area contributed by atoms with Gasteiger partial charge in [0.25, 0.3) is 0 Å². The van der Waals surface area contributed by atoms with Crippen LogP contribution in [0.5, 0.6) is 0 Å². The zero-order valence-electron chi connectivity index (χ0n) is 8.15. The van der Waals surface area contributed by atoms with Crippen LogP contribution in [0.1, 0.15) is 26.2 Å². The molecular weight excluding hydrogens is 188 g/mol. The fourth-order valence-electron chi connectivity index (χ4n) is 1.16. The predicted octanol–water partition coefficient (Wildman–Crippen LogP) is 0.619. The molecule has 0 amide bonds. The first-order valence-corrected chi connectivity index (χ1v) is 4.69. The van der Waals surface area contributed by atoms with Crippen LogP contribution in [0.15, 0.2) is 0 Å². The molecule has 1 heterocycles. The number of ether oxygens (including phenoxy) is 3. The van der Waals surface area contributed by atoms with E-state index >= 15 is 0 Å². The molecule has 0 N–H and O–H groups in total. The Balaban J connectivity index is 2.17. The SMILES string of the molecule is CCOC(=O)CC(=O)OC1CCCO1. The molecule has 0 radical (unpaired) electrons. The van der Waals surface area contributed by atoms with E-state index < -0.39 is 18.2 Å². The van der Waals surface area contributed by atoms with Gasteiger partial charge in [-0.25, -0.2) is 0 Å². The molecular formula is C9H14O5. The molecule has 1 unspecified atom stereocenters. The van der Waals surface area contributed by atoms with Crippen LogP contribution in [0.2, 0.25) is 0 Å². The quantitative estimate of drug-likeness (QED) is 0.494. The van der Waals surface area contributed by atoms with Crippen molar-refractivity contribution in [2.24, 2.45) is 0 Å². The molecule has 0 saturated carbocycles. The van der Waals surface area contributed by atoms with E-state index in [1.165, 1.54) is 0 Å². The van der Waals surface area contributed by atoms with E-state index in [2.05, 4.69) is 4.74 Å². The molecule has 0 aromatic carbocycles. The summed E-state index contributed by atoms with van der Waals surface area (Å²) in [4.78, 5) is 21.9. The zero-order chi connectivity index (χ0) is 10.4. The summed E-state index contributed by atoms with van der Waals surface area (Å²) >= 11 is 0. The highest BCUT2D eigenvalue weighted by Crippen LogP contribution is 2.13. The standard InChI is InChI=1S/C9H14O5/c1-2-12-7(10)6-8(11)14-9-4-3-5-13-9/h9H,2-6H2,1H3. The van der Waals surface area contributed by atoms with Crippen molar-refractivity contribution in [3.63, 3.8) is 0 Å². The lowest BCUT2D eigenvalue weighted by Gasteiger charge is -2.10. The first kappa shape index (κ1) is 11.0. The van der Waals surface area contributed by atoms with Crippen LogP contribution in [-0.2, 0) is 23.8 Å². The van der Waals surface area contributed by atoms with Crippen LogP contribution in [0.4, 0.5) is 0 Å². The zero-order valence-corrected chi connectivity index (χ0v) is 8.15. The predicted molar refractivity (Wildman–Crippen MR) is 46.3 cm³/mol. The molecule has 1 rings (SSSR count). The molecule has 0 aliphatic carbocycles. The van der Waals surface area contributed by atoms with Crippen molar-refractivity contribution < 1.29 is 23.8 Å². The van der Waals surface area contributed by atoms with Crippen LogP contribution in [0.25, 0.3) is 0 Å². The molecule has 14 heavy (non-hydrogen) atoms. The van der Waals surface area contributed by atoms with E-state index in [-0.39, 0.29) is 13.0 Å². The Morgan fingerprint density at radius 1 is 1.43 bits per heavy atom. The Morgan fingerprint density at radius 3 is 2.79 bits per heavy atom.